The number of imidazole rings is 1. The van der Waals surface area contributed by atoms with E-state index in [9.17, 15) is 67.7 Å². The van der Waals surface area contributed by atoms with Crippen LogP contribution in [0.4, 0.5) is 0 Å². The number of nitrogens with one attached hydrogen (secondary N) is 12. The first-order valence-electron chi connectivity index (χ1n) is 29.9. The number of para-hydroxylation sites is 2. The summed E-state index contributed by atoms with van der Waals surface area (Å²) in [5.74, 6) is -10.7. The van der Waals surface area contributed by atoms with Gasteiger partial charge in [0.2, 0.25) is 65.0 Å². The Bertz CT molecular complexity index is 3370. The fraction of sp³-hybridized carbons (Fsp3) is 0.475. The summed E-state index contributed by atoms with van der Waals surface area (Å²) >= 11 is 0. The summed E-state index contributed by atoms with van der Waals surface area (Å²) in [7, 11) is 0. The van der Waals surface area contributed by atoms with Gasteiger partial charge >= 0.3 is 5.97 Å². The number of hydrogen-bond donors (Lipinski definition) is 17. The molecule has 9 atom stereocenters. The van der Waals surface area contributed by atoms with Crippen LogP contribution in [-0.2, 0) is 76.8 Å². The number of nitrogens with two attached hydrogens (primary N) is 3. The molecule has 11 amide bonds. The summed E-state index contributed by atoms with van der Waals surface area (Å²) in [6.45, 7) is -0.976. The number of nitrogens with zero attached hydrogens (tertiary/aromatic N) is 2. The Balaban J connectivity index is 1.10. The molecular weight excluding hydrogens is 1170 g/mol. The van der Waals surface area contributed by atoms with Crippen LogP contribution in [0.25, 0.3) is 21.8 Å². The number of carbonyl (C=O) groups is 12. The highest BCUT2D eigenvalue weighted by Gasteiger charge is 2.40. The molecule has 31 heteroatoms. The number of carboxylic acid groups (broad SMARTS) is 1. The summed E-state index contributed by atoms with van der Waals surface area (Å²) in [5.41, 5.74) is 19.7. The van der Waals surface area contributed by atoms with Crippen molar-refractivity contribution in [1.29, 1.82) is 0 Å². The van der Waals surface area contributed by atoms with Crippen LogP contribution in [0.1, 0.15) is 87.4 Å². The number of aliphatic hydroxyl groups excluding tert-OH is 1. The number of unbranched alkanes of at least 4 members (excludes halogenated alkanes) is 2. The van der Waals surface area contributed by atoms with Crippen molar-refractivity contribution in [1.82, 2.24) is 72.7 Å². The van der Waals surface area contributed by atoms with Gasteiger partial charge in [0, 0.05) is 78.3 Å². The molecule has 0 bridgehead atoms. The van der Waals surface area contributed by atoms with Crippen LogP contribution < -0.4 is 65.1 Å². The molecule has 2 saturated heterocycles. The molecule has 2 fully saturated rings. The average molecular weight is 1250 g/mol. The van der Waals surface area contributed by atoms with Crippen molar-refractivity contribution in [2.24, 2.45) is 17.2 Å². The normalized spacial score (nSPS) is 16.9. The lowest BCUT2D eigenvalue weighted by molar-refractivity contribution is -0.143. The third kappa shape index (κ3) is 18.9. The maximum atomic E-state index is 14.7. The summed E-state index contributed by atoms with van der Waals surface area (Å²) in [6, 6.07) is 1.31. The number of hydrogen-bond acceptors (Lipinski definition) is 16. The number of primary amides is 1. The Kier molecular flexibility index (Phi) is 24.8. The van der Waals surface area contributed by atoms with Gasteiger partial charge in [-0.25, -0.2) is 4.98 Å². The summed E-state index contributed by atoms with van der Waals surface area (Å²) in [4.78, 5) is 178. The first kappa shape index (κ1) is 67.8. The maximum absolute atomic E-state index is 14.7. The van der Waals surface area contributed by atoms with Gasteiger partial charge in [-0.3, -0.25) is 57.5 Å². The molecule has 0 aliphatic carbocycles. The molecule has 0 saturated carbocycles. The molecule has 3 aromatic heterocycles. The molecule has 2 aliphatic heterocycles. The molecule has 90 heavy (non-hydrogen) atoms. The van der Waals surface area contributed by atoms with E-state index >= 15 is 0 Å². The van der Waals surface area contributed by atoms with Crippen molar-refractivity contribution in [3.8, 4) is 0 Å². The van der Waals surface area contributed by atoms with E-state index < -0.39 is 139 Å². The molecule has 7 rings (SSSR count). The number of fused-ring (bicyclic) bond motifs is 2. The predicted molar refractivity (Wildman–Crippen MR) is 323 cm³/mol. The fourth-order valence-electron chi connectivity index (χ4n) is 10.9. The third-order valence-electron chi connectivity index (χ3n) is 15.6. The van der Waals surface area contributed by atoms with E-state index in [0.29, 0.717) is 64.3 Å². The summed E-state index contributed by atoms with van der Waals surface area (Å²) in [5, 5.41) is 45.2. The summed E-state index contributed by atoms with van der Waals surface area (Å²) < 4.78 is 0. The number of aromatic amines is 3. The van der Waals surface area contributed by atoms with Crippen LogP contribution in [0.2, 0.25) is 0 Å². The minimum Gasteiger partial charge on any atom is -0.481 e. The molecule has 5 aromatic rings. The van der Waals surface area contributed by atoms with E-state index in [2.05, 4.69) is 67.8 Å². The number of amides is 11. The number of benzene rings is 2. The lowest BCUT2D eigenvalue weighted by atomic mass is 10.0. The zero-order valence-electron chi connectivity index (χ0n) is 49.5. The van der Waals surface area contributed by atoms with Crippen LogP contribution in [0.15, 0.2) is 73.4 Å². The zero-order chi connectivity index (χ0) is 64.9. The monoisotopic (exact) mass is 1250 g/mol. The number of carboxylic acids is 1. The number of carbonyl (C=O) groups excluding carboxylic acids is 11. The van der Waals surface area contributed by atoms with Gasteiger partial charge in [-0.15, -0.1) is 0 Å². The smallest absolute Gasteiger partial charge is 0.305 e. The van der Waals surface area contributed by atoms with E-state index in [0.717, 1.165) is 0 Å². The van der Waals surface area contributed by atoms with Gasteiger partial charge in [0.25, 0.3) is 0 Å². The Labute approximate surface area is 516 Å². The number of H-pyrrole nitrogens is 3. The van der Waals surface area contributed by atoms with Crippen molar-refractivity contribution in [2.75, 3.05) is 32.8 Å². The van der Waals surface area contributed by atoms with E-state index in [1.165, 1.54) is 17.4 Å². The van der Waals surface area contributed by atoms with E-state index in [4.69, 9.17) is 17.2 Å². The second-order valence-electron chi connectivity index (χ2n) is 22.2. The van der Waals surface area contributed by atoms with Gasteiger partial charge in [-0.05, 0) is 94.1 Å². The van der Waals surface area contributed by atoms with E-state index in [1.54, 1.807) is 60.9 Å². The molecule has 20 N–H and O–H groups in total. The van der Waals surface area contributed by atoms with Crippen LogP contribution in [0, 0.1) is 0 Å². The number of rotatable bonds is 35. The number of aliphatic hydroxyl groups is 1. The highest BCUT2D eigenvalue weighted by molar-refractivity contribution is 6.00. The van der Waals surface area contributed by atoms with Gasteiger partial charge in [0.15, 0.2) is 0 Å². The highest BCUT2D eigenvalue weighted by atomic mass is 16.4. The predicted octanol–water partition coefficient (Wildman–Crippen LogP) is -3.61. The first-order chi connectivity index (χ1) is 43.3. The maximum Gasteiger partial charge on any atom is 0.305 e. The lowest BCUT2D eigenvalue weighted by Crippen LogP contribution is -2.61. The van der Waals surface area contributed by atoms with Gasteiger partial charge in [0.1, 0.15) is 54.4 Å². The van der Waals surface area contributed by atoms with E-state index in [-0.39, 0.29) is 83.3 Å². The quantitative estimate of drug-likeness (QED) is 0.0174. The first-order valence-corrected chi connectivity index (χ1v) is 29.9. The van der Waals surface area contributed by atoms with Gasteiger partial charge in [-0.1, -0.05) is 36.4 Å². The van der Waals surface area contributed by atoms with Crippen molar-refractivity contribution in [3.05, 3.63) is 90.3 Å². The molecule has 0 unspecified atom stereocenters. The van der Waals surface area contributed by atoms with Gasteiger partial charge < -0.3 is 95.1 Å². The Morgan fingerprint density at radius 3 is 1.66 bits per heavy atom. The largest absolute Gasteiger partial charge is 0.481 e. The molecule has 2 aliphatic rings. The molecule has 0 radical (unpaired) electrons. The topological polar surface area (TPSA) is 495 Å². The molecule has 0 spiro atoms. The zero-order valence-corrected chi connectivity index (χ0v) is 49.5. The Morgan fingerprint density at radius 2 is 1.12 bits per heavy atom. The van der Waals surface area contributed by atoms with Gasteiger partial charge in [-0.2, -0.15) is 0 Å². The Hall–Kier alpha value is -9.75. The Morgan fingerprint density at radius 1 is 0.611 bits per heavy atom. The molecule has 484 valence electrons. The SMILES string of the molecule is NCCCC[C@H](NC(=O)[C@H](CO)NC(=O)[C@H](Cc1c[nH]c2ccccc12)NC(=O)[C@H](Cc1cnc[nH]1)NC(=O)[C@@H]1CCC(=O)N1)C(=O)N[C@@H](CC(=O)O)C(=O)N[C@@H](Cc1c[nH]c2ccccc12)C(=O)N[C@@H](CCCCN)C(=O)N1CCC[C@H]1C(=O)NCC(N)=O. The van der Waals surface area contributed by atoms with Crippen LogP contribution >= 0.6 is 0 Å². The lowest BCUT2D eigenvalue weighted by Gasteiger charge is -2.30. The third-order valence-corrected chi connectivity index (χ3v) is 15.6. The van der Waals surface area contributed by atoms with Crippen molar-refractivity contribution >= 4 is 92.8 Å². The standard InChI is InChI=1S/C59H79N17O14/c60-19-7-5-14-39(69-57(88)46(30-77)75-54(85)43(23-33-27-65-38-13-4-2-11-36(33)38)71-55(86)44(24-34-28-63-31-67-34)73-52(83)40-17-18-49(79)68-40)51(82)74-45(25-50(80)81)56(87)72-42(22-32-26-64-37-12-3-1-10-35(32)37)53(84)70-41(15-6-8-20-61)59(90)76-21-9-16-47(76)58(89)66-29-48(62)78/h1-4,10-13,26-28,31,39-47,64-65,77H,5-9,14-25,29-30,60-61H2,(H2,62,78)(H,63,67)(H,66,89)(H,68,79)(H,69,88)(H,70,84)(H,71,86)(H,72,87)(H,73,83)(H,74,82)(H,75,85)(H,80,81)/t39-,40-,41-,42-,43-,44-,45-,46-,47-/m0/s1. The number of aromatic nitrogens is 4. The molecule has 31 nitrogen and oxygen atoms in total. The molecular formula is C59H79N17O14. The van der Waals surface area contributed by atoms with Crippen molar-refractivity contribution in [2.45, 2.75) is 144 Å². The average Bonchev–Trinajstić information content (AvgIpc) is 2.31. The van der Waals surface area contributed by atoms with Gasteiger partial charge in [0.05, 0.1) is 25.9 Å². The van der Waals surface area contributed by atoms with Crippen LogP contribution in [-0.4, -0.2) is 193 Å². The molecule has 2 aromatic carbocycles. The fourth-order valence-corrected chi connectivity index (χ4v) is 10.9. The molecule has 5 heterocycles. The minimum absolute atomic E-state index is 0.0539. The van der Waals surface area contributed by atoms with Crippen molar-refractivity contribution < 1.29 is 67.7 Å². The number of aliphatic carboxylic acids is 1. The van der Waals surface area contributed by atoms with Crippen LogP contribution in [0.3, 0.4) is 0 Å². The van der Waals surface area contributed by atoms with E-state index in [1.807, 2.05) is 0 Å². The van der Waals surface area contributed by atoms with Crippen molar-refractivity contribution in [3.63, 3.8) is 0 Å². The summed E-state index contributed by atoms with van der Waals surface area (Å²) in [6.07, 6.45) is 6.60. The second-order valence-corrected chi connectivity index (χ2v) is 22.2. The number of likely N-dealkylation sites (tertiary alicyclic amines) is 1. The second kappa shape index (κ2) is 33.0. The minimum atomic E-state index is -1.92. The van der Waals surface area contributed by atoms with Crippen LogP contribution in [0.5, 0.6) is 0 Å². The highest BCUT2D eigenvalue weighted by Crippen LogP contribution is 2.23.